The normalized spacial score (nSPS) is 30.7. The molecule has 2 rings (SSSR count). The topological polar surface area (TPSA) is 49.7 Å². The van der Waals surface area contributed by atoms with E-state index in [0.717, 1.165) is 0 Å². The average Bonchev–Trinajstić information content (AvgIpc) is 2.05. The highest BCUT2D eigenvalue weighted by Crippen LogP contribution is 2.38. The fraction of sp³-hybridized carbons (Fsp3) is 0.400. The number of halogens is 1. The van der Waals surface area contributed by atoms with Crippen LogP contribution in [0.2, 0.25) is 0 Å². The molecule has 1 aliphatic rings. The summed E-state index contributed by atoms with van der Waals surface area (Å²) < 4.78 is 18.0. The molecule has 2 atom stereocenters. The van der Waals surface area contributed by atoms with Gasteiger partial charge < -0.3 is 14.9 Å². The third-order valence-electron chi connectivity index (χ3n) is 2.23. The Balaban J connectivity index is 2.45. The molecule has 2 unspecified atom stereocenters. The molecule has 2 N–H and O–H groups in total. The van der Waals surface area contributed by atoms with Crippen molar-refractivity contribution in [2.75, 3.05) is 0 Å². The first-order valence-electron chi connectivity index (χ1n) is 4.37. The summed E-state index contributed by atoms with van der Waals surface area (Å²) in [6.45, 7) is 1.46. The molecule has 3 nitrogen and oxygen atoms in total. The van der Waals surface area contributed by atoms with Crippen molar-refractivity contribution in [2.45, 2.75) is 25.2 Å². The summed E-state index contributed by atoms with van der Waals surface area (Å²) in [4.78, 5) is 0. The number of fused-ring (bicyclic) bond motifs is 1. The van der Waals surface area contributed by atoms with Crippen molar-refractivity contribution >= 4 is 0 Å². The van der Waals surface area contributed by atoms with Crippen molar-refractivity contribution in [1.29, 1.82) is 0 Å². The van der Waals surface area contributed by atoms with E-state index in [2.05, 4.69) is 0 Å². The Hall–Kier alpha value is -1.13. The Morgan fingerprint density at radius 3 is 3.00 bits per heavy atom. The Labute approximate surface area is 80.8 Å². The van der Waals surface area contributed by atoms with Gasteiger partial charge in [-0.2, -0.15) is 0 Å². The van der Waals surface area contributed by atoms with Crippen LogP contribution in [0.25, 0.3) is 0 Å². The Morgan fingerprint density at radius 2 is 2.29 bits per heavy atom. The Morgan fingerprint density at radius 1 is 1.57 bits per heavy atom. The lowest BCUT2D eigenvalue weighted by molar-refractivity contribution is -0.158. The Kier molecular flexibility index (Phi) is 1.97. The van der Waals surface area contributed by atoms with Gasteiger partial charge in [0.1, 0.15) is 11.6 Å². The number of benzene rings is 1. The van der Waals surface area contributed by atoms with E-state index in [0.29, 0.717) is 11.3 Å². The van der Waals surface area contributed by atoms with Gasteiger partial charge in [-0.25, -0.2) is 4.39 Å². The van der Waals surface area contributed by atoms with E-state index in [1.165, 1.54) is 25.1 Å². The molecule has 1 aromatic carbocycles. The van der Waals surface area contributed by atoms with Gasteiger partial charge in [0.15, 0.2) is 0 Å². The molecule has 0 fully saturated rings. The van der Waals surface area contributed by atoms with Crippen molar-refractivity contribution in [3.05, 3.63) is 29.6 Å². The monoisotopic (exact) mass is 198 g/mol. The molecule has 0 saturated carbocycles. The van der Waals surface area contributed by atoms with E-state index in [1.54, 1.807) is 0 Å². The van der Waals surface area contributed by atoms with E-state index in [4.69, 9.17) is 4.74 Å². The van der Waals surface area contributed by atoms with Gasteiger partial charge in [-0.3, -0.25) is 0 Å². The molecule has 0 aromatic heterocycles. The molecule has 1 heterocycles. The first-order valence-corrected chi connectivity index (χ1v) is 4.37. The van der Waals surface area contributed by atoms with Crippen LogP contribution in [0.1, 0.15) is 25.0 Å². The number of ether oxygens (including phenoxy) is 1. The molecule has 1 aliphatic heterocycles. The highest BCUT2D eigenvalue weighted by molar-refractivity contribution is 5.37. The molecule has 0 amide bonds. The van der Waals surface area contributed by atoms with Gasteiger partial charge in [-0.05, 0) is 18.2 Å². The first-order chi connectivity index (χ1) is 6.48. The Bertz CT molecular complexity index is 362. The summed E-state index contributed by atoms with van der Waals surface area (Å²) in [5, 5.41) is 19.2. The van der Waals surface area contributed by atoms with Gasteiger partial charge in [-0.15, -0.1) is 0 Å². The van der Waals surface area contributed by atoms with E-state index in [9.17, 15) is 14.6 Å². The number of hydrogen-bond acceptors (Lipinski definition) is 3. The lowest BCUT2D eigenvalue weighted by Gasteiger charge is -2.33. The van der Waals surface area contributed by atoms with Crippen LogP contribution >= 0.6 is 0 Å². The standard InChI is InChI=1S/C10H11FO3/c1-10(13)5-8(12)7-4-6(11)2-3-9(7)14-10/h2-4,8,12-13H,5H2,1H3. The largest absolute Gasteiger partial charge is 0.462 e. The third-order valence-corrected chi connectivity index (χ3v) is 2.23. The van der Waals surface area contributed by atoms with E-state index < -0.39 is 17.7 Å². The van der Waals surface area contributed by atoms with Gasteiger partial charge in [0.05, 0.1) is 6.10 Å². The lowest BCUT2D eigenvalue weighted by atomic mass is 9.98. The van der Waals surface area contributed by atoms with Crippen LogP contribution < -0.4 is 4.74 Å². The van der Waals surface area contributed by atoms with E-state index in [-0.39, 0.29) is 6.42 Å². The molecule has 0 spiro atoms. The second-order valence-corrected chi connectivity index (χ2v) is 3.68. The molecule has 76 valence electrons. The summed E-state index contributed by atoms with van der Waals surface area (Å²) in [6.07, 6.45) is -0.840. The van der Waals surface area contributed by atoms with Crippen molar-refractivity contribution < 1.29 is 19.3 Å². The maximum atomic E-state index is 12.8. The van der Waals surface area contributed by atoms with Crippen LogP contribution in [0.5, 0.6) is 5.75 Å². The summed E-state index contributed by atoms with van der Waals surface area (Å²) >= 11 is 0. The maximum absolute atomic E-state index is 12.8. The van der Waals surface area contributed by atoms with Gasteiger partial charge in [0.2, 0.25) is 5.79 Å². The molecular formula is C10H11FO3. The average molecular weight is 198 g/mol. The minimum absolute atomic E-state index is 0.0451. The predicted molar refractivity (Wildman–Crippen MR) is 47.2 cm³/mol. The van der Waals surface area contributed by atoms with Crippen LogP contribution in [-0.2, 0) is 0 Å². The molecule has 0 bridgehead atoms. The SMILES string of the molecule is CC1(O)CC(O)c2cc(F)ccc2O1. The van der Waals surface area contributed by atoms with Crippen molar-refractivity contribution in [3.8, 4) is 5.75 Å². The number of aliphatic hydroxyl groups is 2. The minimum atomic E-state index is -1.38. The summed E-state index contributed by atoms with van der Waals surface area (Å²) in [5.74, 6) is -1.48. The molecule has 0 aliphatic carbocycles. The molecule has 1 aromatic rings. The zero-order chi connectivity index (χ0) is 10.3. The van der Waals surface area contributed by atoms with Crippen LogP contribution in [0, 0.1) is 5.82 Å². The summed E-state index contributed by atoms with van der Waals surface area (Å²) in [5.41, 5.74) is 0.386. The molecule has 14 heavy (non-hydrogen) atoms. The van der Waals surface area contributed by atoms with E-state index in [1.807, 2.05) is 0 Å². The highest BCUT2D eigenvalue weighted by Gasteiger charge is 2.34. The van der Waals surface area contributed by atoms with Crippen molar-refractivity contribution in [2.24, 2.45) is 0 Å². The van der Waals surface area contributed by atoms with Crippen LogP contribution in [0.4, 0.5) is 4.39 Å². The van der Waals surface area contributed by atoms with Gasteiger partial charge >= 0.3 is 0 Å². The van der Waals surface area contributed by atoms with Crippen molar-refractivity contribution in [1.82, 2.24) is 0 Å². The summed E-state index contributed by atoms with van der Waals surface area (Å²) in [7, 11) is 0. The molecule has 0 radical (unpaired) electrons. The first kappa shape index (κ1) is 9.43. The molecule has 4 heteroatoms. The quantitative estimate of drug-likeness (QED) is 0.661. The van der Waals surface area contributed by atoms with Crippen LogP contribution in [0.3, 0.4) is 0 Å². The fourth-order valence-electron chi connectivity index (χ4n) is 1.62. The highest BCUT2D eigenvalue weighted by atomic mass is 19.1. The maximum Gasteiger partial charge on any atom is 0.208 e. The van der Waals surface area contributed by atoms with Crippen LogP contribution in [-0.4, -0.2) is 16.0 Å². The molecular weight excluding hydrogens is 187 g/mol. The van der Waals surface area contributed by atoms with Gasteiger partial charge in [0, 0.05) is 18.9 Å². The second kappa shape index (κ2) is 2.93. The molecule has 0 saturated heterocycles. The number of aliphatic hydroxyl groups excluding tert-OH is 1. The predicted octanol–water partition coefficient (Wildman–Crippen LogP) is 1.35. The van der Waals surface area contributed by atoms with Gasteiger partial charge in [-0.1, -0.05) is 0 Å². The number of rotatable bonds is 0. The number of hydrogen-bond donors (Lipinski definition) is 2. The summed E-state index contributed by atoms with van der Waals surface area (Å²) in [6, 6.07) is 3.85. The zero-order valence-corrected chi connectivity index (χ0v) is 7.70. The third kappa shape index (κ3) is 1.58. The van der Waals surface area contributed by atoms with Gasteiger partial charge in [0.25, 0.3) is 0 Å². The van der Waals surface area contributed by atoms with E-state index >= 15 is 0 Å². The second-order valence-electron chi connectivity index (χ2n) is 3.68. The zero-order valence-electron chi connectivity index (χ0n) is 7.70. The smallest absolute Gasteiger partial charge is 0.208 e. The lowest BCUT2D eigenvalue weighted by Crippen LogP contribution is -2.37. The van der Waals surface area contributed by atoms with Crippen LogP contribution in [0.15, 0.2) is 18.2 Å². The minimum Gasteiger partial charge on any atom is -0.462 e. The van der Waals surface area contributed by atoms with Crippen molar-refractivity contribution in [3.63, 3.8) is 0 Å². The fourth-order valence-corrected chi connectivity index (χ4v) is 1.62.